The van der Waals surface area contributed by atoms with Crippen molar-refractivity contribution < 1.29 is 9.59 Å². The average molecular weight is 368 g/mol. The maximum absolute atomic E-state index is 12.3. The Labute approximate surface area is 156 Å². The Bertz CT molecular complexity index is 823. The molecule has 6 nitrogen and oxygen atoms in total. The minimum absolute atomic E-state index is 0.0715. The summed E-state index contributed by atoms with van der Waals surface area (Å²) in [5.41, 5.74) is 2.59. The van der Waals surface area contributed by atoms with Crippen molar-refractivity contribution in [2.75, 3.05) is 25.0 Å². The Kier molecular flexibility index (Phi) is 5.87. The Morgan fingerprint density at radius 2 is 2.04 bits per heavy atom. The van der Waals surface area contributed by atoms with Crippen molar-refractivity contribution in [2.24, 2.45) is 0 Å². The lowest BCUT2D eigenvalue weighted by Crippen LogP contribution is -2.38. The monoisotopic (exact) mass is 368 g/mol. The molecule has 0 atom stereocenters. The summed E-state index contributed by atoms with van der Waals surface area (Å²) >= 11 is 1.75. The smallest absolute Gasteiger partial charge is 0.239 e. The highest BCUT2D eigenvalue weighted by molar-refractivity contribution is 7.10. The zero-order chi connectivity index (χ0) is 18.4. The molecule has 0 saturated carbocycles. The molecule has 0 aliphatic carbocycles. The third-order valence-electron chi connectivity index (χ3n) is 4.29. The Balaban J connectivity index is 1.35. The van der Waals surface area contributed by atoms with Gasteiger partial charge in [-0.15, -0.1) is 11.3 Å². The highest BCUT2D eigenvalue weighted by atomic mass is 32.1. The molecule has 0 spiro atoms. The van der Waals surface area contributed by atoms with Crippen LogP contribution in [-0.4, -0.2) is 36.3 Å². The van der Waals surface area contributed by atoms with Gasteiger partial charge in [0.25, 0.3) is 0 Å². The van der Waals surface area contributed by atoms with Crippen LogP contribution in [0, 0.1) is 11.3 Å². The number of anilines is 1. The fourth-order valence-electron chi connectivity index (χ4n) is 2.84. The second kappa shape index (κ2) is 8.50. The predicted molar refractivity (Wildman–Crippen MR) is 101 cm³/mol. The van der Waals surface area contributed by atoms with E-state index >= 15 is 0 Å². The number of nitrogens with zero attached hydrogens (tertiary/aromatic N) is 2. The number of carbonyl (C=O) groups excluding carboxylic acids is 2. The number of thiophene rings is 1. The zero-order valence-corrected chi connectivity index (χ0v) is 15.1. The largest absolute Gasteiger partial charge is 0.376 e. The fraction of sp³-hybridized carbons (Fsp3) is 0.316. The molecule has 1 aliphatic heterocycles. The number of fused-ring (bicyclic) bond motifs is 1. The number of amides is 2. The molecule has 7 heteroatoms. The van der Waals surface area contributed by atoms with Crippen LogP contribution in [0.2, 0.25) is 0 Å². The summed E-state index contributed by atoms with van der Waals surface area (Å²) in [6.07, 6.45) is 1.22. The minimum Gasteiger partial charge on any atom is -0.376 e. The van der Waals surface area contributed by atoms with E-state index in [9.17, 15) is 9.59 Å². The Hall–Kier alpha value is -2.85. The van der Waals surface area contributed by atoms with Gasteiger partial charge in [-0.3, -0.25) is 9.59 Å². The summed E-state index contributed by atoms with van der Waals surface area (Å²) in [6.45, 7) is 1.88. The van der Waals surface area contributed by atoms with Gasteiger partial charge >= 0.3 is 0 Å². The van der Waals surface area contributed by atoms with Gasteiger partial charge in [0, 0.05) is 36.6 Å². The first-order valence-electron chi connectivity index (χ1n) is 8.49. The molecule has 1 aromatic heterocycles. The van der Waals surface area contributed by atoms with Crippen LogP contribution in [0.4, 0.5) is 5.69 Å². The first kappa shape index (κ1) is 18.0. The van der Waals surface area contributed by atoms with Gasteiger partial charge in [0.15, 0.2) is 0 Å². The number of hydrogen-bond donors (Lipinski definition) is 2. The van der Waals surface area contributed by atoms with Crippen molar-refractivity contribution in [1.82, 2.24) is 10.2 Å². The van der Waals surface area contributed by atoms with E-state index in [4.69, 9.17) is 5.26 Å². The molecule has 26 heavy (non-hydrogen) atoms. The quantitative estimate of drug-likeness (QED) is 0.818. The number of rotatable bonds is 6. The molecule has 1 aromatic carbocycles. The van der Waals surface area contributed by atoms with Crippen molar-refractivity contribution in [3.05, 3.63) is 51.7 Å². The van der Waals surface area contributed by atoms with Crippen LogP contribution in [0.5, 0.6) is 0 Å². The minimum atomic E-state index is -0.166. The topological polar surface area (TPSA) is 85.2 Å². The molecule has 0 bridgehead atoms. The summed E-state index contributed by atoms with van der Waals surface area (Å²) in [4.78, 5) is 27.4. The van der Waals surface area contributed by atoms with Gasteiger partial charge in [-0.25, -0.2) is 0 Å². The SMILES string of the molecule is N#Cc1ccc(NCC(=O)NCCC(=O)N2CCc3sccc3C2)cc1. The first-order valence-corrected chi connectivity index (χ1v) is 9.37. The summed E-state index contributed by atoms with van der Waals surface area (Å²) in [6, 6.07) is 11.0. The molecule has 2 aromatic rings. The number of nitriles is 1. The van der Waals surface area contributed by atoms with Crippen molar-refractivity contribution in [3.63, 3.8) is 0 Å². The lowest BCUT2D eigenvalue weighted by molar-refractivity contribution is -0.132. The number of hydrogen-bond acceptors (Lipinski definition) is 5. The van der Waals surface area contributed by atoms with Crippen LogP contribution in [-0.2, 0) is 22.6 Å². The molecule has 2 N–H and O–H groups in total. The summed E-state index contributed by atoms with van der Waals surface area (Å²) in [7, 11) is 0. The standard InChI is InChI=1S/C19H20N4O2S/c20-11-14-1-3-16(4-2-14)22-12-18(24)21-8-5-19(25)23-9-6-17-15(13-23)7-10-26-17/h1-4,7,10,22H,5-6,8-9,12-13H2,(H,21,24). The summed E-state index contributed by atoms with van der Waals surface area (Å²) in [5.74, 6) is -0.0943. The molecule has 1 aliphatic rings. The summed E-state index contributed by atoms with van der Waals surface area (Å²) < 4.78 is 0. The van der Waals surface area contributed by atoms with E-state index in [-0.39, 0.29) is 18.4 Å². The molecular weight excluding hydrogens is 348 g/mol. The normalized spacial score (nSPS) is 12.8. The number of nitrogens with one attached hydrogen (secondary N) is 2. The van der Waals surface area contributed by atoms with Gasteiger partial charge in [0.1, 0.15) is 0 Å². The molecule has 3 rings (SSSR count). The molecule has 0 radical (unpaired) electrons. The lowest BCUT2D eigenvalue weighted by atomic mass is 10.1. The van der Waals surface area contributed by atoms with Crippen molar-refractivity contribution in [1.29, 1.82) is 5.26 Å². The Morgan fingerprint density at radius 1 is 1.23 bits per heavy atom. The van der Waals surface area contributed by atoms with E-state index in [1.165, 1.54) is 10.4 Å². The molecule has 2 heterocycles. The Morgan fingerprint density at radius 3 is 2.81 bits per heavy atom. The van der Waals surface area contributed by atoms with Crippen LogP contribution in [0.15, 0.2) is 35.7 Å². The van der Waals surface area contributed by atoms with Crippen LogP contribution >= 0.6 is 11.3 Å². The first-order chi connectivity index (χ1) is 12.7. The van der Waals surface area contributed by atoms with Gasteiger partial charge in [0.05, 0.1) is 18.2 Å². The van der Waals surface area contributed by atoms with Crippen LogP contribution in [0.25, 0.3) is 0 Å². The van der Waals surface area contributed by atoms with Crippen molar-refractivity contribution in [2.45, 2.75) is 19.4 Å². The second-order valence-corrected chi connectivity index (χ2v) is 7.08. The fourth-order valence-corrected chi connectivity index (χ4v) is 3.73. The molecule has 0 saturated heterocycles. The second-order valence-electron chi connectivity index (χ2n) is 6.08. The van der Waals surface area contributed by atoms with Gasteiger partial charge in [-0.2, -0.15) is 5.26 Å². The highest BCUT2D eigenvalue weighted by Crippen LogP contribution is 2.24. The van der Waals surface area contributed by atoms with Crippen LogP contribution in [0.3, 0.4) is 0 Å². The van der Waals surface area contributed by atoms with E-state index in [1.807, 2.05) is 11.0 Å². The molecule has 0 fully saturated rings. The number of carbonyl (C=O) groups is 2. The van der Waals surface area contributed by atoms with Crippen molar-refractivity contribution >= 4 is 28.8 Å². The van der Waals surface area contributed by atoms with E-state index in [0.717, 1.165) is 18.7 Å². The lowest BCUT2D eigenvalue weighted by Gasteiger charge is -2.27. The maximum Gasteiger partial charge on any atom is 0.239 e. The van der Waals surface area contributed by atoms with E-state index in [1.54, 1.807) is 35.6 Å². The van der Waals surface area contributed by atoms with Gasteiger partial charge in [0.2, 0.25) is 11.8 Å². The zero-order valence-electron chi connectivity index (χ0n) is 14.3. The van der Waals surface area contributed by atoms with Gasteiger partial charge in [-0.05, 0) is 47.7 Å². The van der Waals surface area contributed by atoms with Gasteiger partial charge < -0.3 is 15.5 Å². The molecular formula is C19H20N4O2S. The molecule has 134 valence electrons. The average Bonchev–Trinajstić information content (AvgIpc) is 3.14. The molecule has 0 unspecified atom stereocenters. The number of benzene rings is 1. The third kappa shape index (κ3) is 4.61. The highest BCUT2D eigenvalue weighted by Gasteiger charge is 2.21. The third-order valence-corrected chi connectivity index (χ3v) is 5.31. The van der Waals surface area contributed by atoms with E-state index in [0.29, 0.717) is 25.1 Å². The van der Waals surface area contributed by atoms with Gasteiger partial charge in [-0.1, -0.05) is 0 Å². The summed E-state index contributed by atoms with van der Waals surface area (Å²) in [5, 5.41) is 16.6. The van der Waals surface area contributed by atoms with Crippen molar-refractivity contribution in [3.8, 4) is 6.07 Å². The van der Waals surface area contributed by atoms with E-state index < -0.39 is 0 Å². The van der Waals surface area contributed by atoms with Crippen LogP contribution < -0.4 is 10.6 Å². The molecule has 2 amide bonds. The van der Waals surface area contributed by atoms with E-state index in [2.05, 4.69) is 22.1 Å². The van der Waals surface area contributed by atoms with Crippen LogP contribution in [0.1, 0.15) is 22.4 Å². The maximum atomic E-state index is 12.3. The predicted octanol–water partition coefficient (Wildman–Crippen LogP) is 2.12.